The van der Waals surface area contributed by atoms with E-state index in [9.17, 15) is 49.5 Å². The minimum Gasteiger partial charge on any atom is -0.550 e. The van der Waals surface area contributed by atoms with E-state index in [-0.39, 0.29) is 66.8 Å². The average Bonchev–Trinajstić information content (AvgIpc) is 3.77. The number of hydrogen-bond acceptors (Lipinski definition) is 10. The third-order valence-corrected chi connectivity index (χ3v) is 19.9. The molecule has 0 unspecified atom stereocenters. The minimum atomic E-state index is -0.903. The molecule has 0 atom stereocenters. The van der Waals surface area contributed by atoms with Crippen LogP contribution < -0.4 is 25.5 Å². The van der Waals surface area contributed by atoms with Crippen LogP contribution in [-0.4, -0.2) is 64.6 Å². The Morgan fingerprint density at radius 2 is 0.186 bits per heavy atom. The normalized spacial score (nSPS) is 10.6. The van der Waals surface area contributed by atoms with Gasteiger partial charge >= 0.3 is 34.7 Å². The molecule has 0 saturated carbocycles. The monoisotopic (exact) mass is 1470 g/mol. The van der Waals surface area contributed by atoms with Crippen LogP contribution in [-0.2, 0) is 24.0 Å². The van der Waals surface area contributed by atoms with Gasteiger partial charge in [-0.25, -0.2) is 0 Å². The van der Waals surface area contributed by atoms with E-state index in [2.05, 4.69) is 34.6 Å². The number of unbranched alkanes of at least 4 members (excludes halogenated alkanes) is 70. The number of carboxylic acids is 5. The summed E-state index contributed by atoms with van der Waals surface area (Å²) in [6.07, 6.45) is 99.3. The molecular formula is C90H175Al2O10+. The maximum absolute atomic E-state index is 10.2. The summed E-state index contributed by atoms with van der Waals surface area (Å²) in [5.74, 6) is -4.52. The Balaban J connectivity index is -0.000000220. The standard InChI is InChI=1S/5C18H36O2.2Al/c5*1-2-3-4-5-6-7-8-9-10-11-12-13-14-15-16-17-18(19)20;;/h5*2-17H2,1H3,(H,19,20);;/q;;;;;2*+3/p-5. The fourth-order valence-electron chi connectivity index (χ4n) is 13.2. The van der Waals surface area contributed by atoms with E-state index in [1.807, 2.05) is 0 Å². The fraction of sp³-hybridized carbons (Fsp3) is 0.944. The van der Waals surface area contributed by atoms with Crippen molar-refractivity contribution in [1.29, 1.82) is 0 Å². The van der Waals surface area contributed by atoms with E-state index in [0.717, 1.165) is 64.2 Å². The molecule has 0 aliphatic carbocycles. The summed E-state index contributed by atoms with van der Waals surface area (Å²) in [5.41, 5.74) is 0. The molecule has 102 heavy (non-hydrogen) atoms. The second-order valence-electron chi connectivity index (χ2n) is 30.4. The summed E-state index contributed by atoms with van der Waals surface area (Å²) in [4.78, 5) is 51.1. The zero-order valence-electron chi connectivity index (χ0n) is 69.3. The minimum absolute atomic E-state index is 0. The summed E-state index contributed by atoms with van der Waals surface area (Å²) in [6, 6.07) is 0. The largest absolute Gasteiger partial charge is 3.00 e. The number of hydrogen-bond donors (Lipinski definition) is 0. The number of carbonyl (C=O) groups is 5. The van der Waals surface area contributed by atoms with E-state index in [0.29, 0.717) is 0 Å². The van der Waals surface area contributed by atoms with Gasteiger partial charge in [0.2, 0.25) is 0 Å². The Morgan fingerprint density at radius 3 is 0.245 bits per heavy atom. The van der Waals surface area contributed by atoms with Crippen LogP contribution in [0.4, 0.5) is 0 Å². The SMILES string of the molecule is CCCCCCCCCCCCCCCCCC(=O)[O-].CCCCCCCCCCCCCCCCCC(=O)[O-].CCCCCCCCCCCCCCCCCC(=O)[O-].CCCCCCCCCCCCCCCCCC(=O)[O-].CCCCCCCCCCCCCCCCCC(=O)[O-].[Al+3].[Al+3]. The quantitative estimate of drug-likeness (QED) is 0.0417. The smallest absolute Gasteiger partial charge is 0.550 e. The van der Waals surface area contributed by atoms with Gasteiger partial charge in [0, 0.05) is 29.8 Å². The number of rotatable bonds is 80. The van der Waals surface area contributed by atoms with Crippen molar-refractivity contribution in [2.45, 2.75) is 548 Å². The van der Waals surface area contributed by atoms with Gasteiger partial charge in [-0.2, -0.15) is 0 Å². The predicted octanol–water partition coefficient (Wildman–Crippen LogP) is 24.2. The Morgan fingerprint density at radius 1 is 0.127 bits per heavy atom. The molecule has 0 bridgehead atoms. The second-order valence-corrected chi connectivity index (χ2v) is 30.4. The molecule has 10 nitrogen and oxygen atoms in total. The molecule has 0 heterocycles. The first-order chi connectivity index (χ1) is 48.9. The van der Waals surface area contributed by atoms with Crippen molar-refractivity contribution < 1.29 is 49.5 Å². The van der Waals surface area contributed by atoms with Crippen molar-refractivity contribution in [3.63, 3.8) is 0 Å². The Kier molecular flexibility index (Phi) is 123. The van der Waals surface area contributed by atoms with Crippen molar-refractivity contribution in [3.05, 3.63) is 0 Å². The van der Waals surface area contributed by atoms with Gasteiger partial charge in [-0.15, -0.1) is 0 Å². The van der Waals surface area contributed by atoms with Crippen LogP contribution in [0, 0.1) is 0 Å². The molecule has 600 valence electrons. The zero-order valence-corrected chi connectivity index (χ0v) is 71.6. The van der Waals surface area contributed by atoms with Crippen LogP contribution >= 0.6 is 0 Å². The Hall–Kier alpha value is -1.59. The summed E-state index contributed by atoms with van der Waals surface area (Å²) < 4.78 is 0. The van der Waals surface area contributed by atoms with Crippen LogP contribution in [0.5, 0.6) is 0 Å². The molecule has 0 aromatic heterocycles. The molecule has 12 heteroatoms. The van der Waals surface area contributed by atoms with Crippen molar-refractivity contribution >= 4 is 64.6 Å². The van der Waals surface area contributed by atoms with Gasteiger partial charge in [0.05, 0.1) is 0 Å². The van der Waals surface area contributed by atoms with Gasteiger partial charge in [0.25, 0.3) is 0 Å². The predicted molar refractivity (Wildman–Crippen MR) is 434 cm³/mol. The van der Waals surface area contributed by atoms with Gasteiger partial charge in [0.15, 0.2) is 0 Å². The molecule has 0 saturated heterocycles. The van der Waals surface area contributed by atoms with Crippen LogP contribution in [0.1, 0.15) is 548 Å². The molecule has 0 rings (SSSR count). The third-order valence-electron chi connectivity index (χ3n) is 19.9. The number of carboxylic acid groups (broad SMARTS) is 5. The van der Waals surface area contributed by atoms with Crippen molar-refractivity contribution in [1.82, 2.24) is 0 Å². The zero-order chi connectivity index (χ0) is 74.5. The van der Waals surface area contributed by atoms with Crippen LogP contribution in [0.2, 0.25) is 0 Å². The first kappa shape index (κ1) is 114. The summed E-state index contributed by atoms with van der Waals surface area (Å²) in [7, 11) is 0. The summed E-state index contributed by atoms with van der Waals surface area (Å²) in [5, 5.41) is 51.1. The molecule has 0 fully saturated rings. The first-order valence-electron chi connectivity index (χ1n) is 44.8. The topological polar surface area (TPSA) is 201 Å². The van der Waals surface area contributed by atoms with E-state index in [4.69, 9.17) is 0 Å². The van der Waals surface area contributed by atoms with Gasteiger partial charge in [-0.1, -0.05) is 484 Å². The Bertz CT molecular complexity index is 1280. The Labute approximate surface area is 658 Å². The summed E-state index contributed by atoms with van der Waals surface area (Å²) in [6.45, 7) is 11.3. The van der Waals surface area contributed by atoms with Gasteiger partial charge in [0.1, 0.15) is 0 Å². The maximum atomic E-state index is 10.2. The van der Waals surface area contributed by atoms with Crippen molar-refractivity contribution in [2.75, 3.05) is 0 Å². The van der Waals surface area contributed by atoms with E-state index >= 15 is 0 Å². The second kappa shape index (κ2) is 110. The van der Waals surface area contributed by atoms with E-state index < -0.39 is 29.8 Å². The molecule has 0 aromatic rings. The average molecular weight is 1470 g/mol. The molecule has 0 amide bonds. The number of aliphatic carboxylic acids is 5. The van der Waals surface area contributed by atoms with Crippen molar-refractivity contribution in [2.24, 2.45) is 0 Å². The van der Waals surface area contributed by atoms with E-state index in [1.165, 1.54) is 417 Å². The van der Waals surface area contributed by atoms with Gasteiger partial charge in [-0.3, -0.25) is 0 Å². The maximum Gasteiger partial charge on any atom is 3.00 e. The molecule has 0 spiro atoms. The molecule has 0 aromatic carbocycles. The molecule has 0 N–H and O–H groups in total. The van der Waals surface area contributed by atoms with Crippen LogP contribution in [0.15, 0.2) is 0 Å². The fourth-order valence-corrected chi connectivity index (χ4v) is 13.2. The van der Waals surface area contributed by atoms with Crippen molar-refractivity contribution in [3.8, 4) is 0 Å². The van der Waals surface area contributed by atoms with Gasteiger partial charge < -0.3 is 49.5 Å². The van der Waals surface area contributed by atoms with Gasteiger partial charge in [-0.05, 0) is 64.2 Å². The first-order valence-corrected chi connectivity index (χ1v) is 44.8. The summed E-state index contributed by atoms with van der Waals surface area (Å²) >= 11 is 0. The van der Waals surface area contributed by atoms with E-state index in [1.54, 1.807) is 0 Å². The molecule has 0 aliphatic rings. The van der Waals surface area contributed by atoms with Crippen LogP contribution in [0.3, 0.4) is 0 Å². The third kappa shape index (κ3) is 134. The molecule has 0 radical (unpaired) electrons. The number of carbonyl (C=O) groups excluding carboxylic acids is 5. The van der Waals surface area contributed by atoms with Crippen LogP contribution in [0.25, 0.3) is 0 Å². The molecular weight excluding hydrogens is 1290 g/mol. The molecule has 0 aliphatic heterocycles.